The number of hydrogen-bond acceptors (Lipinski definition) is 4. The quantitative estimate of drug-likeness (QED) is 0.854. The number of aromatic nitrogens is 2. The van der Waals surface area contributed by atoms with Gasteiger partial charge < -0.3 is 5.11 Å². The Hall–Kier alpha value is -2.19. The Bertz CT molecular complexity index is 780. The van der Waals surface area contributed by atoms with E-state index in [2.05, 4.69) is 9.82 Å². The summed E-state index contributed by atoms with van der Waals surface area (Å²) in [6.45, 7) is 1.93. The molecule has 0 spiro atoms. The van der Waals surface area contributed by atoms with Crippen LogP contribution in [0, 0.1) is 6.92 Å². The van der Waals surface area contributed by atoms with Crippen LogP contribution in [-0.4, -0.2) is 29.3 Å². The zero-order valence-corrected chi connectivity index (χ0v) is 12.4. The Labute approximate surface area is 122 Å². The number of sulfonamides is 1. The first-order valence-electron chi connectivity index (χ1n) is 6.12. The van der Waals surface area contributed by atoms with Gasteiger partial charge in [-0.1, -0.05) is 6.07 Å². The predicted molar refractivity (Wildman–Crippen MR) is 75.4 cm³/mol. The second-order valence-electron chi connectivity index (χ2n) is 4.54. The zero-order valence-electron chi connectivity index (χ0n) is 11.6. The van der Waals surface area contributed by atoms with Gasteiger partial charge in [-0.05, 0) is 25.1 Å². The largest absolute Gasteiger partial charge is 0.478 e. The maximum atomic E-state index is 12.2. The minimum atomic E-state index is -3.77. The molecular weight excluding hydrogens is 294 g/mol. The van der Waals surface area contributed by atoms with Crippen LogP contribution in [0.2, 0.25) is 0 Å². The molecule has 21 heavy (non-hydrogen) atoms. The second kappa shape index (κ2) is 5.66. The molecule has 1 aromatic carbocycles. The smallest absolute Gasteiger partial charge is 0.335 e. The van der Waals surface area contributed by atoms with Gasteiger partial charge in [0.25, 0.3) is 0 Å². The van der Waals surface area contributed by atoms with Crippen molar-refractivity contribution >= 4 is 16.0 Å². The first-order valence-corrected chi connectivity index (χ1v) is 7.60. The summed E-state index contributed by atoms with van der Waals surface area (Å²) in [6.07, 6.45) is 1.59. The number of carboxylic acid groups (broad SMARTS) is 1. The van der Waals surface area contributed by atoms with E-state index in [0.29, 0.717) is 0 Å². The lowest BCUT2D eigenvalue weighted by molar-refractivity contribution is 0.0696. The first kappa shape index (κ1) is 15.2. The van der Waals surface area contributed by atoms with Gasteiger partial charge in [0.15, 0.2) is 0 Å². The van der Waals surface area contributed by atoms with Crippen molar-refractivity contribution in [2.75, 3.05) is 0 Å². The van der Waals surface area contributed by atoms with Gasteiger partial charge in [0.05, 0.1) is 16.7 Å². The van der Waals surface area contributed by atoms with Gasteiger partial charge in [0, 0.05) is 24.8 Å². The van der Waals surface area contributed by atoms with E-state index in [1.165, 1.54) is 18.2 Å². The number of nitrogens with one attached hydrogen (secondary N) is 1. The number of benzene rings is 1. The van der Waals surface area contributed by atoms with Crippen LogP contribution >= 0.6 is 0 Å². The number of nitrogens with zero attached hydrogens (tertiary/aromatic N) is 2. The van der Waals surface area contributed by atoms with Gasteiger partial charge in [-0.3, -0.25) is 4.68 Å². The zero-order chi connectivity index (χ0) is 15.6. The average Bonchev–Trinajstić information content (AvgIpc) is 2.77. The van der Waals surface area contributed by atoms with Crippen molar-refractivity contribution in [1.82, 2.24) is 14.5 Å². The highest BCUT2D eigenvalue weighted by Gasteiger charge is 2.16. The van der Waals surface area contributed by atoms with Gasteiger partial charge in [-0.25, -0.2) is 17.9 Å². The molecule has 0 bridgehead atoms. The van der Waals surface area contributed by atoms with Crippen molar-refractivity contribution in [2.24, 2.45) is 7.05 Å². The Morgan fingerprint density at radius 1 is 1.43 bits per heavy atom. The average molecular weight is 309 g/mol. The Morgan fingerprint density at radius 3 is 2.71 bits per heavy atom. The molecule has 0 radical (unpaired) electrons. The molecule has 1 heterocycles. The summed E-state index contributed by atoms with van der Waals surface area (Å²) in [4.78, 5) is 10.8. The number of hydrogen-bond donors (Lipinski definition) is 2. The van der Waals surface area contributed by atoms with E-state index in [0.717, 1.165) is 17.3 Å². The molecule has 2 rings (SSSR count). The number of aryl methyl sites for hydroxylation is 1. The van der Waals surface area contributed by atoms with Gasteiger partial charge in [-0.2, -0.15) is 5.10 Å². The third-order valence-corrected chi connectivity index (χ3v) is 4.58. The number of carboxylic acids is 1. The summed E-state index contributed by atoms with van der Waals surface area (Å²) >= 11 is 0. The summed E-state index contributed by atoms with van der Waals surface area (Å²) in [7, 11) is -2.00. The van der Waals surface area contributed by atoms with Gasteiger partial charge in [0.1, 0.15) is 0 Å². The normalized spacial score (nSPS) is 11.5. The number of carbonyl (C=O) groups is 1. The molecule has 0 atom stereocenters. The van der Waals surface area contributed by atoms with E-state index >= 15 is 0 Å². The summed E-state index contributed by atoms with van der Waals surface area (Å²) in [5, 5.41) is 12.9. The molecule has 2 N–H and O–H groups in total. The van der Waals surface area contributed by atoms with E-state index in [4.69, 9.17) is 5.11 Å². The van der Waals surface area contributed by atoms with Gasteiger partial charge in [-0.15, -0.1) is 0 Å². The second-order valence-corrected chi connectivity index (χ2v) is 6.30. The molecule has 0 saturated heterocycles. The highest BCUT2D eigenvalue weighted by Crippen LogP contribution is 2.13. The van der Waals surface area contributed by atoms with E-state index in [9.17, 15) is 13.2 Å². The molecular formula is C13H15N3O4S. The van der Waals surface area contributed by atoms with Crippen LogP contribution in [0.4, 0.5) is 0 Å². The van der Waals surface area contributed by atoms with Crippen LogP contribution in [0.15, 0.2) is 35.4 Å². The molecule has 7 nitrogen and oxygen atoms in total. The molecule has 0 amide bonds. The Morgan fingerprint density at radius 2 is 2.14 bits per heavy atom. The van der Waals surface area contributed by atoms with Crippen molar-refractivity contribution < 1.29 is 18.3 Å². The van der Waals surface area contributed by atoms with E-state index in [1.807, 2.05) is 6.92 Å². The third kappa shape index (κ3) is 3.29. The molecule has 0 saturated carbocycles. The molecule has 2 aromatic rings. The molecule has 1 aromatic heterocycles. The van der Waals surface area contributed by atoms with E-state index in [-0.39, 0.29) is 17.0 Å². The standard InChI is InChI=1S/C13H15N3O4S/c1-9-11(7-14-16(9)2)8-15-21(19,20)12-5-3-4-10(6-12)13(17)18/h3-7,15H,8H2,1-2H3,(H,17,18). The molecule has 0 aliphatic heterocycles. The minimum Gasteiger partial charge on any atom is -0.478 e. The maximum Gasteiger partial charge on any atom is 0.335 e. The van der Waals surface area contributed by atoms with Gasteiger partial charge >= 0.3 is 5.97 Å². The summed E-state index contributed by atoms with van der Waals surface area (Å²) in [5.74, 6) is -1.17. The molecule has 112 valence electrons. The fourth-order valence-electron chi connectivity index (χ4n) is 1.77. The van der Waals surface area contributed by atoms with Crippen LogP contribution in [0.5, 0.6) is 0 Å². The van der Waals surface area contributed by atoms with Crippen molar-refractivity contribution in [3.8, 4) is 0 Å². The summed E-state index contributed by atoms with van der Waals surface area (Å²) < 4.78 is 28.4. The number of rotatable bonds is 5. The predicted octanol–water partition coefficient (Wildman–Crippen LogP) is 0.905. The Kier molecular flexibility index (Phi) is 4.10. The van der Waals surface area contributed by atoms with Crippen LogP contribution in [0.1, 0.15) is 21.6 Å². The third-order valence-electron chi connectivity index (χ3n) is 3.18. The van der Waals surface area contributed by atoms with Crippen LogP contribution < -0.4 is 4.72 Å². The summed E-state index contributed by atoms with van der Waals surface area (Å²) in [5.41, 5.74) is 1.54. The SMILES string of the molecule is Cc1c(CNS(=O)(=O)c2cccc(C(=O)O)c2)cnn1C. The summed E-state index contributed by atoms with van der Waals surface area (Å²) in [6, 6.07) is 5.21. The van der Waals surface area contributed by atoms with Crippen molar-refractivity contribution in [3.05, 3.63) is 47.3 Å². The van der Waals surface area contributed by atoms with Crippen LogP contribution in [0.25, 0.3) is 0 Å². The molecule has 0 fully saturated rings. The van der Waals surface area contributed by atoms with Crippen molar-refractivity contribution in [1.29, 1.82) is 0 Å². The molecule has 8 heteroatoms. The number of aromatic carboxylic acids is 1. The Balaban J connectivity index is 2.21. The van der Waals surface area contributed by atoms with E-state index in [1.54, 1.807) is 17.9 Å². The van der Waals surface area contributed by atoms with Gasteiger partial charge in [0.2, 0.25) is 10.0 Å². The van der Waals surface area contributed by atoms with Crippen molar-refractivity contribution in [2.45, 2.75) is 18.4 Å². The fourth-order valence-corrected chi connectivity index (χ4v) is 2.82. The minimum absolute atomic E-state index is 0.0737. The molecule has 0 aliphatic carbocycles. The highest BCUT2D eigenvalue weighted by atomic mass is 32.2. The van der Waals surface area contributed by atoms with Crippen LogP contribution in [0.3, 0.4) is 0 Å². The fraction of sp³-hybridized carbons (Fsp3) is 0.231. The monoisotopic (exact) mass is 309 g/mol. The highest BCUT2D eigenvalue weighted by molar-refractivity contribution is 7.89. The lowest BCUT2D eigenvalue weighted by Crippen LogP contribution is -2.23. The molecule has 0 aliphatic rings. The van der Waals surface area contributed by atoms with Crippen LogP contribution in [-0.2, 0) is 23.6 Å². The lowest BCUT2D eigenvalue weighted by Gasteiger charge is -2.07. The van der Waals surface area contributed by atoms with Crippen molar-refractivity contribution in [3.63, 3.8) is 0 Å². The first-order chi connectivity index (χ1) is 9.81. The maximum absolute atomic E-state index is 12.2. The lowest BCUT2D eigenvalue weighted by atomic mass is 10.2. The topological polar surface area (TPSA) is 101 Å². The molecule has 0 unspecified atom stereocenters. The van der Waals surface area contributed by atoms with E-state index < -0.39 is 16.0 Å².